The number of fused-ring (bicyclic) bond motifs is 6. The lowest BCUT2D eigenvalue weighted by Crippen LogP contribution is -2.33. The largest absolute Gasteiger partial charge is 0.490 e. The second kappa shape index (κ2) is 37.5. The lowest BCUT2D eigenvalue weighted by Gasteiger charge is -2.22. The molecule has 7 fully saturated rings. The van der Waals surface area contributed by atoms with Crippen molar-refractivity contribution in [3.8, 4) is 17.4 Å². The summed E-state index contributed by atoms with van der Waals surface area (Å²) in [6.07, 6.45) is 10.0. The van der Waals surface area contributed by atoms with Crippen LogP contribution in [0.3, 0.4) is 0 Å². The van der Waals surface area contributed by atoms with E-state index >= 15 is 0 Å². The highest BCUT2D eigenvalue weighted by Gasteiger charge is 2.57. The first-order chi connectivity index (χ1) is 61.1. The lowest BCUT2D eigenvalue weighted by molar-refractivity contribution is -0.152. The highest BCUT2D eigenvalue weighted by Crippen LogP contribution is 2.47. The molecule has 9 N–H and O–H groups in total. The van der Waals surface area contributed by atoms with Crippen molar-refractivity contribution in [2.75, 3.05) is 48.9 Å². The summed E-state index contributed by atoms with van der Waals surface area (Å²) in [4.78, 5) is 115. The smallest absolute Gasteiger partial charge is 0.341 e. The standard InChI is InChI=1S/C29H27N7O7.C29H28N6O7.C27H26N6O7/c37-28(38)18-7-4-12-30-26(18)40-13-19-22-23(43-20(42-22)11-8-16-5-2-1-3-6-16)27(41-19)36-15-33-21-24(31-14-32-25(21)36)35-29(39)34-17-9-10-17;1-2-30-29(38)34-25-22-26(32-15-31-25)35(16-33-22)27-24-23(41-21(42-24)13-12-17-8-4-3-5-9-17)20(40-27)14-39-19-11-7-6-10-18(19)28(36)37;1-2-28-27(36)32-22-19-23(30-13-29-22)33(14-31-19)24-21-20(39-26(40-21)15-8-4-3-5-9-15)18(38-24)12-37-17-11-7-6-10-16(17)25(34)35/h1-8,11-12,14-15,17,19-20,22-23,27H,9-10,13H2,(H,37,38)(H2,31,32,34,35,39);3-13,15-16,20-21,23-24,27H,2,14H2,1H3,(H,36,37)(H2,30,31,32,34,38);3-11,13-14,18,20-21,24,26H,2,12H2,1H3,(H,34,35)(H2,28,29,30,32,36)/b11-8+;13-12+;/t19?,20-,22?,23?,27?;20?,21-,23?,24?,27?;18?,20?,21?,24?,26-/m000/s1. The Labute approximate surface area is 709 Å². The Morgan fingerprint density at radius 3 is 1.22 bits per heavy atom. The summed E-state index contributed by atoms with van der Waals surface area (Å²) in [6.45, 7) is 4.49. The Balaban J connectivity index is 0.000000133. The van der Waals surface area contributed by atoms with Crippen LogP contribution < -0.4 is 46.1 Å². The van der Waals surface area contributed by atoms with Crippen LogP contribution >= 0.6 is 0 Å². The third-order valence-corrected chi connectivity index (χ3v) is 20.8. The van der Waals surface area contributed by atoms with Crippen molar-refractivity contribution in [2.45, 2.75) is 125 Å². The van der Waals surface area contributed by atoms with Crippen LogP contribution in [0.15, 0.2) is 208 Å². The van der Waals surface area contributed by atoms with E-state index in [-0.39, 0.29) is 83.4 Å². The number of ether oxygens (including phenoxy) is 12. The summed E-state index contributed by atoms with van der Waals surface area (Å²) in [5.74, 6) is -2.17. The lowest BCUT2D eigenvalue weighted by atomic mass is 10.1. The molecule has 6 aliphatic heterocycles. The second-order valence-electron chi connectivity index (χ2n) is 29.0. The quantitative estimate of drug-likeness (QED) is 0.0243. The SMILES string of the molecule is CCNC(=O)Nc1ncnc2c1ncn2C1OC(COc2ccccc2C(=O)O)C2O[C@H](/C=C/c3ccccc3)OC21.CCNC(=O)Nc1ncnc2c1ncn2C1OC(COc2ccccc2C(=O)O)C2O[C@H](c3ccccc3)OC21.O=C(Nc1ncnc2c1ncn2C1OC(COc2ncccc2C(=O)O)C2O[C@H](/C=C/c3ccccc3)OC21)NC1CC1. The molecule has 40 nitrogen and oxygen atoms in total. The zero-order chi connectivity index (χ0) is 86.0. The molecule has 1 saturated carbocycles. The molecule has 7 aliphatic rings. The summed E-state index contributed by atoms with van der Waals surface area (Å²) >= 11 is 0. The predicted molar refractivity (Wildman–Crippen MR) is 440 cm³/mol. The van der Waals surface area contributed by atoms with Crippen LogP contribution in [0.5, 0.6) is 17.4 Å². The van der Waals surface area contributed by atoms with Gasteiger partial charge in [-0.15, -0.1) is 0 Å². The molecule has 13 heterocycles. The van der Waals surface area contributed by atoms with Gasteiger partial charge in [0.25, 0.3) is 0 Å². The number of pyridine rings is 1. The number of nitrogens with zero attached hydrogens (tertiary/aromatic N) is 13. The molecule has 642 valence electrons. The molecular formula is C85H81N19O21. The van der Waals surface area contributed by atoms with E-state index in [1.165, 1.54) is 49.4 Å². The fraction of sp³-hybridized carbons (Fsp3) is 0.294. The molecule has 5 aromatic carbocycles. The molecule has 1 aliphatic carbocycles. The van der Waals surface area contributed by atoms with Gasteiger partial charge in [0.2, 0.25) is 5.88 Å². The third-order valence-electron chi connectivity index (χ3n) is 20.8. The van der Waals surface area contributed by atoms with Crippen LogP contribution in [0.2, 0.25) is 0 Å². The highest BCUT2D eigenvalue weighted by molar-refractivity contribution is 5.98. The third kappa shape index (κ3) is 18.6. The van der Waals surface area contributed by atoms with Crippen molar-refractivity contribution in [1.29, 1.82) is 0 Å². The van der Waals surface area contributed by atoms with Gasteiger partial charge in [0.15, 0.2) is 88.5 Å². The van der Waals surface area contributed by atoms with E-state index in [0.29, 0.717) is 46.6 Å². The fourth-order valence-electron chi connectivity index (χ4n) is 14.9. The van der Waals surface area contributed by atoms with Crippen molar-refractivity contribution in [1.82, 2.24) is 79.5 Å². The minimum Gasteiger partial charge on any atom is -0.490 e. The zero-order valence-electron chi connectivity index (χ0n) is 66.5. The molecule has 0 radical (unpaired) electrons. The van der Waals surface area contributed by atoms with E-state index in [4.69, 9.17) is 56.8 Å². The maximum absolute atomic E-state index is 12.4. The Hall–Kier alpha value is -14.4. The van der Waals surface area contributed by atoms with Gasteiger partial charge in [-0.3, -0.25) is 29.7 Å². The average molecular weight is 1700 g/mol. The summed E-state index contributed by atoms with van der Waals surface area (Å²) < 4.78 is 79.8. The molecule has 6 saturated heterocycles. The van der Waals surface area contributed by atoms with Gasteiger partial charge in [0.05, 0.1) is 19.0 Å². The van der Waals surface area contributed by atoms with E-state index in [1.807, 2.05) is 129 Å². The number of carbonyl (C=O) groups excluding carboxylic acids is 3. The molecular weight excluding hydrogens is 1620 g/mol. The Bertz CT molecular complexity index is 5950. The van der Waals surface area contributed by atoms with Gasteiger partial charge in [-0.2, -0.15) is 0 Å². The summed E-state index contributed by atoms with van der Waals surface area (Å²) in [5, 5.41) is 44.9. The van der Waals surface area contributed by atoms with Crippen molar-refractivity contribution in [3.05, 3.63) is 241 Å². The number of carboxylic acid groups (broad SMARTS) is 3. The molecule has 0 spiro atoms. The van der Waals surface area contributed by atoms with Gasteiger partial charge in [-0.05, 0) is 86.4 Å². The number of aromatic carboxylic acids is 3. The molecule has 12 aromatic rings. The Morgan fingerprint density at radius 1 is 0.408 bits per heavy atom. The van der Waals surface area contributed by atoms with Crippen LogP contribution in [0.25, 0.3) is 45.6 Å². The Morgan fingerprint density at radius 2 is 0.784 bits per heavy atom. The molecule has 7 aromatic heterocycles. The number of imidazole rings is 3. The first-order valence-electron chi connectivity index (χ1n) is 39.9. The van der Waals surface area contributed by atoms with E-state index < -0.39 is 122 Å². The molecule has 19 rings (SSSR count). The Kier molecular flexibility index (Phi) is 24.9. The number of hydrogen-bond acceptors (Lipinski definition) is 28. The van der Waals surface area contributed by atoms with Crippen LogP contribution in [0, 0.1) is 0 Å². The topological polar surface area (TPSA) is 490 Å². The van der Waals surface area contributed by atoms with Gasteiger partial charge in [-0.25, -0.2) is 78.6 Å². The number of urea groups is 3. The van der Waals surface area contributed by atoms with Gasteiger partial charge in [0.1, 0.15) is 122 Å². The van der Waals surface area contributed by atoms with Crippen molar-refractivity contribution in [2.24, 2.45) is 0 Å². The maximum Gasteiger partial charge on any atom is 0.341 e. The number of rotatable bonds is 26. The van der Waals surface area contributed by atoms with Crippen molar-refractivity contribution < 1.29 is 101 Å². The number of amides is 6. The second-order valence-corrected chi connectivity index (χ2v) is 29.0. The van der Waals surface area contributed by atoms with Gasteiger partial charge >= 0.3 is 36.0 Å². The van der Waals surface area contributed by atoms with Gasteiger partial charge < -0.3 is 88.1 Å². The first kappa shape index (κ1) is 82.9. The maximum atomic E-state index is 12.4. The van der Waals surface area contributed by atoms with Crippen molar-refractivity contribution in [3.63, 3.8) is 0 Å². The van der Waals surface area contributed by atoms with Gasteiger partial charge in [0, 0.05) is 30.9 Å². The summed E-state index contributed by atoms with van der Waals surface area (Å²) in [7, 11) is 0. The first-order valence-corrected chi connectivity index (χ1v) is 39.9. The molecule has 12 unspecified atom stereocenters. The number of carbonyl (C=O) groups is 6. The highest BCUT2D eigenvalue weighted by atomic mass is 16.8. The number of para-hydroxylation sites is 2. The average Bonchev–Trinajstić information content (AvgIpc) is 1.60. The van der Waals surface area contributed by atoms with E-state index in [9.17, 15) is 44.1 Å². The fourth-order valence-corrected chi connectivity index (χ4v) is 14.9. The number of anilines is 3. The number of nitrogens with one attached hydrogen (secondary N) is 6. The number of hydrogen-bond donors (Lipinski definition) is 9. The van der Waals surface area contributed by atoms with Crippen molar-refractivity contribution >= 4 is 99.1 Å². The van der Waals surface area contributed by atoms with Crippen LogP contribution in [0.1, 0.15) is 99.4 Å². The summed E-state index contributed by atoms with van der Waals surface area (Å²) in [6, 6.07) is 43.8. The minimum absolute atomic E-state index is 0.00600. The predicted octanol–water partition coefficient (Wildman–Crippen LogP) is 9.59. The molecule has 40 heteroatoms. The number of aromatic nitrogens is 13. The van der Waals surface area contributed by atoms with E-state index in [2.05, 4.69) is 81.7 Å². The number of carboxylic acids is 3. The molecule has 125 heavy (non-hydrogen) atoms. The zero-order valence-corrected chi connectivity index (χ0v) is 66.5. The monoisotopic (exact) mass is 1700 g/mol. The van der Waals surface area contributed by atoms with Gasteiger partial charge in [-0.1, -0.05) is 127 Å². The van der Waals surface area contributed by atoms with E-state index in [0.717, 1.165) is 29.5 Å². The molecule has 0 bridgehead atoms. The normalized spacial score (nSPS) is 23.8. The molecule has 15 atom stereocenters. The van der Waals surface area contributed by atoms with E-state index in [1.54, 1.807) is 69.1 Å². The minimum atomic E-state index is -1.16. The van der Waals surface area contributed by atoms with Crippen LogP contribution in [-0.4, -0.2) is 221 Å². The van der Waals surface area contributed by atoms with Crippen LogP contribution in [-0.2, 0) is 42.6 Å². The van der Waals surface area contributed by atoms with Crippen LogP contribution in [0.4, 0.5) is 31.8 Å². The number of benzene rings is 5. The summed E-state index contributed by atoms with van der Waals surface area (Å²) in [5.41, 5.74) is 5.24. The molecule has 6 amide bonds.